The van der Waals surface area contributed by atoms with Crippen molar-refractivity contribution in [3.63, 3.8) is 0 Å². The molecule has 0 radical (unpaired) electrons. The average Bonchev–Trinajstić information content (AvgIpc) is 3.60. The molecule has 0 bridgehead atoms. The predicted molar refractivity (Wildman–Crippen MR) is 184 cm³/mol. The largest absolute Gasteiger partial charge is 0.416 e. The molecule has 4 aromatic rings. The number of hydrogen-bond donors (Lipinski definition) is 3. The van der Waals surface area contributed by atoms with Gasteiger partial charge in [-0.3, -0.25) is 19.4 Å². The lowest BCUT2D eigenvalue weighted by Gasteiger charge is -2.40. The van der Waals surface area contributed by atoms with Crippen molar-refractivity contribution >= 4 is 23.2 Å². The Morgan fingerprint density at radius 3 is 1.98 bits per heavy atom. The van der Waals surface area contributed by atoms with E-state index in [1.54, 1.807) is 17.7 Å². The van der Waals surface area contributed by atoms with Crippen LogP contribution >= 0.6 is 0 Å². The fourth-order valence-corrected chi connectivity index (χ4v) is 8.89. The predicted octanol–water partition coefficient (Wildman–Crippen LogP) is 9.05. The lowest BCUT2D eigenvalue weighted by molar-refractivity contribution is -0.138. The fourth-order valence-electron chi connectivity index (χ4n) is 8.89. The van der Waals surface area contributed by atoms with Crippen molar-refractivity contribution in [2.75, 3.05) is 10.6 Å². The van der Waals surface area contributed by atoms with Gasteiger partial charge in [-0.05, 0) is 61.9 Å². The van der Waals surface area contributed by atoms with Gasteiger partial charge in [0.25, 0.3) is 0 Å². The zero-order valence-electron chi connectivity index (χ0n) is 29.5. The molecule has 0 amide bonds. The van der Waals surface area contributed by atoms with Gasteiger partial charge in [0.2, 0.25) is 0 Å². The molecule has 2 aliphatic carbocycles. The maximum atomic E-state index is 14.4. The second-order valence-electron chi connectivity index (χ2n) is 15.7. The van der Waals surface area contributed by atoms with Gasteiger partial charge in [-0.25, -0.2) is 0 Å². The molecule has 4 aliphatic rings. The highest BCUT2D eigenvalue weighted by Crippen LogP contribution is 2.53. The maximum absolute atomic E-state index is 14.4. The van der Waals surface area contributed by atoms with E-state index < -0.39 is 40.9 Å². The second-order valence-corrected chi connectivity index (χ2v) is 15.7. The van der Waals surface area contributed by atoms with Crippen LogP contribution in [-0.2, 0) is 27.5 Å². The second kappa shape index (κ2) is 11.4. The van der Waals surface area contributed by atoms with Gasteiger partial charge in [-0.15, -0.1) is 0 Å². The van der Waals surface area contributed by atoms with Gasteiger partial charge in [-0.2, -0.15) is 36.5 Å². The Bertz CT molecular complexity index is 2290. The van der Waals surface area contributed by atoms with Crippen molar-refractivity contribution in [1.29, 1.82) is 0 Å². The number of allylic oxidation sites excluding steroid dienone is 4. The molecule has 276 valence electrons. The van der Waals surface area contributed by atoms with E-state index in [4.69, 9.17) is 5.10 Å². The normalized spacial score (nSPS) is 23.9. The van der Waals surface area contributed by atoms with E-state index >= 15 is 0 Å². The molecular weight excluding hydrogens is 698 g/mol. The summed E-state index contributed by atoms with van der Waals surface area (Å²) >= 11 is 0. The number of ketones is 2. The Morgan fingerprint density at radius 2 is 1.32 bits per heavy atom. The number of nitrogens with zero attached hydrogens (tertiary/aromatic N) is 3. The van der Waals surface area contributed by atoms with Crippen LogP contribution in [0.5, 0.6) is 0 Å². The first-order valence-corrected chi connectivity index (χ1v) is 17.3. The molecule has 0 spiro atoms. The van der Waals surface area contributed by atoms with Gasteiger partial charge in [0, 0.05) is 76.2 Å². The molecule has 3 N–H and O–H groups in total. The third kappa shape index (κ3) is 5.59. The Hall–Kier alpha value is -5.14. The number of nitrogens with one attached hydrogen (secondary N) is 3. The Balaban J connectivity index is 1.24. The van der Waals surface area contributed by atoms with Crippen LogP contribution in [0.3, 0.4) is 0 Å². The summed E-state index contributed by atoms with van der Waals surface area (Å²) in [5.74, 6) is -1.01. The average molecular weight is 735 g/mol. The Labute approximate surface area is 300 Å². The van der Waals surface area contributed by atoms with Crippen LogP contribution in [0.1, 0.15) is 103 Å². The first kappa shape index (κ1) is 34.9. The summed E-state index contributed by atoms with van der Waals surface area (Å²) in [4.78, 5) is 28.3. The number of aromatic amines is 1. The van der Waals surface area contributed by atoms with E-state index in [1.807, 2.05) is 27.7 Å². The molecule has 2 aliphatic heterocycles. The highest BCUT2D eigenvalue weighted by atomic mass is 19.4. The molecule has 0 saturated heterocycles. The van der Waals surface area contributed by atoms with E-state index in [1.165, 1.54) is 18.2 Å². The highest BCUT2D eigenvalue weighted by molar-refractivity contribution is 6.02. The third-order valence-corrected chi connectivity index (χ3v) is 11.1. The highest BCUT2D eigenvalue weighted by Gasteiger charge is 2.49. The van der Waals surface area contributed by atoms with Gasteiger partial charge < -0.3 is 10.6 Å². The summed E-state index contributed by atoms with van der Waals surface area (Å²) in [7, 11) is 0. The molecular formula is C39H36F6N6O2. The van der Waals surface area contributed by atoms with E-state index in [2.05, 4.69) is 20.8 Å². The third-order valence-electron chi connectivity index (χ3n) is 11.1. The number of hydrogen-bond acceptors (Lipinski definition) is 6. The minimum atomic E-state index is -4.58. The standard InChI is InChI=1S/C39H36F6N6O2/c1-18-28-31(21-7-6-8-23(13-21)39(43,44)45)33-25(46-34(28)49-48-18)15-37(5,17-27(33)53)51-19(2)29-30(20-9-11-22(12-10-20)38(40,41)42)32-24(47-35(29)50-51)14-36(3,4)16-26(32)52/h6-13,30-31H,14-17H2,1-5H3,(H,47,50)(H2,46,48,49). The molecule has 4 heterocycles. The number of alkyl halides is 6. The van der Waals surface area contributed by atoms with Gasteiger partial charge in [0.15, 0.2) is 23.2 Å². The first-order valence-electron chi connectivity index (χ1n) is 17.3. The molecule has 2 aromatic heterocycles. The maximum Gasteiger partial charge on any atom is 0.416 e. The summed E-state index contributed by atoms with van der Waals surface area (Å²) in [5.41, 5.74) is 2.37. The summed E-state index contributed by atoms with van der Waals surface area (Å²) in [6.45, 7) is 9.43. The quantitative estimate of drug-likeness (QED) is 0.182. The number of carbonyl (C=O) groups excluding carboxylic acids is 2. The van der Waals surface area contributed by atoms with E-state index in [0.29, 0.717) is 74.2 Å². The summed E-state index contributed by atoms with van der Waals surface area (Å²) < 4.78 is 84.0. The van der Waals surface area contributed by atoms with Gasteiger partial charge in [0.1, 0.15) is 0 Å². The van der Waals surface area contributed by atoms with Gasteiger partial charge in [0.05, 0.1) is 16.7 Å². The van der Waals surface area contributed by atoms with Crippen molar-refractivity contribution in [2.24, 2.45) is 5.41 Å². The smallest absolute Gasteiger partial charge is 0.342 e. The van der Waals surface area contributed by atoms with Crippen LogP contribution in [0, 0.1) is 19.3 Å². The van der Waals surface area contributed by atoms with Crippen LogP contribution < -0.4 is 10.6 Å². The van der Waals surface area contributed by atoms with Crippen LogP contribution in [0.4, 0.5) is 38.0 Å². The van der Waals surface area contributed by atoms with Crippen LogP contribution in [0.25, 0.3) is 0 Å². The van der Waals surface area contributed by atoms with E-state index in [-0.39, 0.29) is 36.2 Å². The molecule has 8 rings (SSSR count). The van der Waals surface area contributed by atoms with Crippen LogP contribution in [0.15, 0.2) is 71.1 Å². The number of Topliss-reactive ketones (excluding diaryl/α,β-unsaturated/α-hetero) is 2. The number of carbonyl (C=O) groups is 2. The van der Waals surface area contributed by atoms with Crippen LogP contribution in [0.2, 0.25) is 0 Å². The van der Waals surface area contributed by atoms with E-state index in [0.717, 1.165) is 24.3 Å². The Morgan fingerprint density at radius 1 is 0.717 bits per heavy atom. The monoisotopic (exact) mass is 734 g/mol. The topological polar surface area (TPSA) is 105 Å². The molecule has 0 fully saturated rings. The molecule has 3 atom stereocenters. The number of aryl methyl sites for hydroxylation is 1. The lowest BCUT2D eigenvalue weighted by Crippen LogP contribution is -2.42. The number of benzene rings is 2. The van der Waals surface area contributed by atoms with Gasteiger partial charge >= 0.3 is 12.4 Å². The zero-order valence-corrected chi connectivity index (χ0v) is 29.5. The van der Waals surface area contributed by atoms with Gasteiger partial charge in [-0.1, -0.05) is 44.2 Å². The summed E-state index contributed by atoms with van der Waals surface area (Å²) in [6, 6.07) is 9.85. The van der Waals surface area contributed by atoms with Crippen molar-refractivity contribution in [2.45, 2.75) is 90.0 Å². The lowest BCUT2D eigenvalue weighted by atomic mass is 9.69. The zero-order chi connectivity index (χ0) is 38.0. The number of fused-ring (bicyclic) bond motifs is 2. The molecule has 8 nitrogen and oxygen atoms in total. The van der Waals surface area contributed by atoms with Crippen molar-refractivity contribution < 1.29 is 35.9 Å². The summed E-state index contributed by atoms with van der Waals surface area (Å²) in [6.07, 6.45) is -8.13. The van der Waals surface area contributed by atoms with Crippen LogP contribution in [-0.4, -0.2) is 31.5 Å². The number of halogens is 6. The van der Waals surface area contributed by atoms with Crippen molar-refractivity contribution in [1.82, 2.24) is 20.0 Å². The number of anilines is 2. The van der Waals surface area contributed by atoms with Crippen molar-refractivity contribution in [3.05, 3.63) is 116 Å². The van der Waals surface area contributed by atoms with Crippen molar-refractivity contribution in [3.8, 4) is 0 Å². The fraction of sp³-hybridized carbons (Fsp3) is 0.385. The summed E-state index contributed by atoms with van der Waals surface area (Å²) in [5, 5.41) is 19.0. The van der Waals surface area contributed by atoms with E-state index in [9.17, 15) is 35.9 Å². The molecule has 2 aromatic carbocycles. The minimum Gasteiger partial charge on any atom is -0.342 e. The molecule has 53 heavy (non-hydrogen) atoms. The number of rotatable bonds is 3. The Kier molecular flexibility index (Phi) is 7.53. The molecule has 3 unspecified atom stereocenters. The minimum absolute atomic E-state index is 0.0410. The molecule has 14 heteroatoms. The number of H-pyrrole nitrogens is 1. The molecule has 0 saturated carbocycles. The SMILES string of the molecule is Cc1[nH]nc2c1C(c1cccc(C(F)(F)F)c1)C1=C(CC(C)(n3nc4c(c3C)C(c3ccc(C(F)(F)F)cc3)C3=C(CC(C)(C)CC3=O)N4)CC1=O)N2. The number of aromatic nitrogens is 4. The first-order chi connectivity index (χ1) is 24.8.